The predicted octanol–water partition coefficient (Wildman–Crippen LogP) is 3.83. The second-order valence-corrected chi connectivity index (χ2v) is 14.7. The fourth-order valence-electron chi connectivity index (χ4n) is 8.08. The van der Waals surface area contributed by atoms with Crippen LogP contribution < -0.4 is 20.7 Å². The lowest BCUT2D eigenvalue weighted by Gasteiger charge is -2.42. The molecular formula is C33H34F2N8O3S. The van der Waals surface area contributed by atoms with Crippen LogP contribution in [0.2, 0.25) is 0 Å². The van der Waals surface area contributed by atoms with Gasteiger partial charge in [-0.25, -0.2) is 8.78 Å². The SMILES string of the molecule is N#Cc1c(N)sc2c(F)cnc(-c3c4c(c5c(N6C7CCC6CNC7)nc(OCC6(CN7CC[C@H]7CO)CC6)nc5c3F)COC4)c12. The van der Waals surface area contributed by atoms with Crippen LogP contribution in [-0.4, -0.2) is 82.5 Å². The summed E-state index contributed by atoms with van der Waals surface area (Å²) in [7, 11) is 0. The Morgan fingerprint density at radius 2 is 1.94 bits per heavy atom. The van der Waals surface area contributed by atoms with Crippen LogP contribution in [-0.2, 0) is 18.0 Å². The third kappa shape index (κ3) is 4.51. The molecule has 47 heavy (non-hydrogen) atoms. The highest BCUT2D eigenvalue weighted by Gasteiger charge is 2.48. The number of hydrogen-bond donors (Lipinski definition) is 3. The first-order valence-corrected chi connectivity index (χ1v) is 17.1. The number of fused-ring (bicyclic) bond motifs is 6. The van der Waals surface area contributed by atoms with Gasteiger partial charge in [0.25, 0.3) is 0 Å². The van der Waals surface area contributed by atoms with E-state index in [4.69, 9.17) is 25.2 Å². The molecule has 7 heterocycles. The molecule has 2 unspecified atom stereocenters. The van der Waals surface area contributed by atoms with E-state index in [0.29, 0.717) is 23.4 Å². The summed E-state index contributed by atoms with van der Waals surface area (Å²) < 4.78 is 44.8. The maximum Gasteiger partial charge on any atom is 0.319 e. The van der Waals surface area contributed by atoms with Gasteiger partial charge < -0.3 is 30.5 Å². The molecule has 0 amide bonds. The summed E-state index contributed by atoms with van der Waals surface area (Å²) in [5, 5.41) is 24.1. The molecule has 0 spiro atoms. The van der Waals surface area contributed by atoms with E-state index in [1.807, 2.05) is 0 Å². The summed E-state index contributed by atoms with van der Waals surface area (Å²) in [5.41, 5.74) is 7.88. The number of ether oxygens (including phenoxy) is 2. The molecule has 1 aliphatic carbocycles. The fraction of sp³-hybridized carbons (Fsp3) is 0.515. The molecule has 3 saturated heterocycles. The maximum absolute atomic E-state index is 17.3. The summed E-state index contributed by atoms with van der Waals surface area (Å²) in [6.45, 7) is 4.30. The highest BCUT2D eigenvalue weighted by molar-refractivity contribution is 7.23. The van der Waals surface area contributed by atoms with Crippen molar-refractivity contribution in [1.29, 1.82) is 5.26 Å². The number of benzene rings is 1. The van der Waals surface area contributed by atoms with Crippen LogP contribution in [0.25, 0.3) is 32.2 Å². The molecule has 244 valence electrons. The summed E-state index contributed by atoms with van der Waals surface area (Å²) in [4.78, 5) is 18.7. The first kappa shape index (κ1) is 29.4. The summed E-state index contributed by atoms with van der Waals surface area (Å²) in [6.07, 6.45) is 6.05. The Labute approximate surface area is 273 Å². The third-order valence-electron chi connectivity index (χ3n) is 10.9. The van der Waals surface area contributed by atoms with E-state index in [1.54, 1.807) is 0 Å². The number of nitrogens with zero attached hydrogens (tertiary/aromatic N) is 6. The number of pyridine rings is 1. The molecular weight excluding hydrogens is 626 g/mol. The Bertz CT molecular complexity index is 1980. The Morgan fingerprint density at radius 3 is 2.64 bits per heavy atom. The van der Waals surface area contributed by atoms with E-state index in [1.165, 1.54) is 0 Å². The number of nitrogen functional groups attached to an aromatic ring is 1. The number of halogens is 2. The summed E-state index contributed by atoms with van der Waals surface area (Å²) >= 11 is 0.950. The number of aromatic nitrogens is 3. The quantitative estimate of drug-likeness (QED) is 0.254. The summed E-state index contributed by atoms with van der Waals surface area (Å²) in [5.74, 6) is -0.612. The molecule has 14 heteroatoms. The second-order valence-electron chi connectivity index (χ2n) is 13.6. The van der Waals surface area contributed by atoms with E-state index < -0.39 is 11.6 Å². The average molecular weight is 661 g/mol. The van der Waals surface area contributed by atoms with Crippen molar-refractivity contribution >= 4 is 43.1 Å². The largest absolute Gasteiger partial charge is 0.463 e. The van der Waals surface area contributed by atoms with E-state index >= 15 is 4.39 Å². The van der Waals surface area contributed by atoms with E-state index in [9.17, 15) is 14.8 Å². The molecule has 1 saturated carbocycles. The number of piperazine rings is 1. The Hall–Kier alpha value is -3.74. The minimum Gasteiger partial charge on any atom is -0.463 e. The third-order valence-corrected chi connectivity index (χ3v) is 11.9. The lowest BCUT2D eigenvalue weighted by molar-refractivity contribution is 0.0167. The first-order chi connectivity index (χ1) is 22.9. The number of nitrogens with two attached hydrogens (primary N) is 1. The van der Waals surface area contributed by atoms with Crippen LogP contribution in [0, 0.1) is 28.4 Å². The van der Waals surface area contributed by atoms with Crippen LogP contribution in [0.5, 0.6) is 6.01 Å². The molecule has 9 rings (SSSR count). The zero-order valence-corrected chi connectivity index (χ0v) is 26.5. The van der Waals surface area contributed by atoms with Crippen molar-refractivity contribution in [3.05, 3.63) is 34.5 Å². The number of aliphatic hydroxyl groups is 1. The van der Waals surface area contributed by atoms with Crippen molar-refractivity contribution < 1.29 is 23.4 Å². The number of rotatable bonds is 8. The molecule has 4 fully saturated rings. The lowest BCUT2D eigenvalue weighted by atomic mass is 9.93. The Balaban J connectivity index is 1.21. The molecule has 4 N–H and O–H groups in total. The molecule has 4 aromatic rings. The smallest absolute Gasteiger partial charge is 0.319 e. The molecule has 2 bridgehead atoms. The van der Waals surface area contributed by atoms with Crippen LogP contribution >= 0.6 is 11.3 Å². The molecule has 1 aromatic carbocycles. The van der Waals surface area contributed by atoms with Gasteiger partial charge >= 0.3 is 6.01 Å². The highest BCUT2D eigenvalue weighted by Crippen LogP contribution is 2.50. The average Bonchev–Trinajstić information content (AvgIpc) is 3.37. The summed E-state index contributed by atoms with van der Waals surface area (Å²) in [6, 6.07) is 2.77. The Morgan fingerprint density at radius 1 is 1.15 bits per heavy atom. The van der Waals surface area contributed by atoms with Gasteiger partial charge in [-0.2, -0.15) is 15.2 Å². The number of anilines is 2. The van der Waals surface area contributed by atoms with Crippen LogP contribution in [0.3, 0.4) is 0 Å². The number of likely N-dealkylation sites (tertiary alicyclic amines) is 1. The minimum absolute atomic E-state index is 0.0495. The molecule has 5 aliphatic rings. The van der Waals surface area contributed by atoms with Gasteiger partial charge in [-0.1, -0.05) is 0 Å². The first-order valence-electron chi connectivity index (χ1n) is 16.3. The van der Waals surface area contributed by atoms with Crippen molar-refractivity contribution in [3.63, 3.8) is 0 Å². The fourth-order valence-corrected chi connectivity index (χ4v) is 9.01. The standard InChI is InChI=1S/C33H34F2N8O3S/c34-22-10-39-27(24-19(7-36)30(37)47-29(22)24)23-20-12-45-13-21(20)25-28(26(23)35)40-32(41-31(25)43-16-1-2-17(43)9-38-8-16)46-15-33(4-5-33)14-42-6-3-18(42)11-44/h10,16-18,38,44H,1-6,8-9,11-15,37H2/t16?,17?,18-/m0/s1. The Kier molecular flexibility index (Phi) is 6.82. The molecule has 3 aromatic heterocycles. The van der Waals surface area contributed by atoms with E-state index in [2.05, 4.69) is 26.2 Å². The van der Waals surface area contributed by atoms with Gasteiger partial charge in [0, 0.05) is 60.7 Å². The van der Waals surface area contributed by atoms with Gasteiger partial charge in [0.05, 0.1) is 54.0 Å². The van der Waals surface area contributed by atoms with Gasteiger partial charge in [0.1, 0.15) is 22.4 Å². The molecule has 4 aliphatic heterocycles. The van der Waals surface area contributed by atoms with Gasteiger partial charge in [0.2, 0.25) is 0 Å². The van der Waals surface area contributed by atoms with Crippen molar-refractivity contribution in [2.75, 3.05) is 50.0 Å². The number of thiophene rings is 1. The second kappa shape index (κ2) is 10.9. The number of hydrogen-bond acceptors (Lipinski definition) is 12. The van der Waals surface area contributed by atoms with Gasteiger partial charge in [0.15, 0.2) is 11.6 Å². The van der Waals surface area contributed by atoms with Crippen molar-refractivity contribution in [1.82, 2.24) is 25.2 Å². The number of nitrogens with one attached hydrogen (secondary N) is 1. The highest BCUT2D eigenvalue weighted by atomic mass is 32.1. The maximum atomic E-state index is 17.3. The van der Waals surface area contributed by atoms with Crippen LogP contribution in [0.4, 0.5) is 19.6 Å². The molecule has 11 nitrogen and oxygen atoms in total. The van der Waals surface area contributed by atoms with Gasteiger partial charge in [-0.15, -0.1) is 11.3 Å². The van der Waals surface area contributed by atoms with E-state index in [0.717, 1.165) is 81.4 Å². The number of aliphatic hydroxyl groups excluding tert-OH is 1. The van der Waals surface area contributed by atoms with Crippen LogP contribution in [0.1, 0.15) is 48.8 Å². The molecule has 0 radical (unpaired) electrons. The minimum atomic E-state index is -0.637. The zero-order chi connectivity index (χ0) is 32.0. The van der Waals surface area contributed by atoms with Crippen LogP contribution in [0.15, 0.2) is 6.20 Å². The van der Waals surface area contributed by atoms with Gasteiger partial charge in [-0.05, 0) is 43.2 Å². The lowest BCUT2D eigenvalue weighted by Crippen LogP contribution is -2.52. The van der Waals surface area contributed by atoms with Crippen molar-refractivity contribution in [2.45, 2.75) is 63.4 Å². The van der Waals surface area contributed by atoms with E-state index in [-0.39, 0.29) is 86.8 Å². The number of nitriles is 1. The molecule has 3 atom stereocenters. The predicted molar refractivity (Wildman–Crippen MR) is 172 cm³/mol. The van der Waals surface area contributed by atoms with Crippen molar-refractivity contribution in [2.24, 2.45) is 5.41 Å². The normalized spacial score (nSPS) is 24.5. The topological polar surface area (TPSA) is 146 Å². The van der Waals surface area contributed by atoms with Crippen molar-refractivity contribution in [3.8, 4) is 23.3 Å². The van der Waals surface area contributed by atoms with Gasteiger partial charge in [-0.3, -0.25) is 9.88 Å². The monoisotopic (exact) mass is 660 g/mol. The zero-order valence-electron chi connectivity index (χ0n) is 25.7.